The minimum atomic E-state index is 0.0297. The zero-order valence-corrected chi connectivity index (χ0v) is 14.0. The van der Waals surface area contributed by atoms with Gasteiger partial charge in [0.25, 0.3) is 0 Å². The van der Waals surface area contributed by atoms with Crippen LogP contribution in [0, 0.1) is 0 Å². The number of fused-ring (bicyclic) bond motifs is 2. The van der Waals surface area contributed by atoms with Crippen LogP contribution in [-0.2, 0) is 26.7 Å². The van der Waals surface area contributed by atoms with Gasteiger partial charge in [0, 0.05) is 25.7 Å². The van der Waals surface area contributed by atoms with Crippen molar-refractivity contribution in [3.8, 4) is 5.75 Å². The molecule has 0 saturated carbocycles. The lowest BCUT2D eigenvalue weighted by Gasteiger charge is -2.29. The van der Waals surface area contributed by atoms with E-state index in [4.69, 9.17) is 4.74 Å². The third-order valence-corrected chi connectivity index (χ3v) is 4.92. The second-order valence-electron chi connectivity index (χ2n) is 6.30. The minimum Gasteiger partial charge on any atom is -0.496 e. The summed E-state index contributed by atoms with van der Waals surface area (Å²) in [4.78, 5) is 14.9. The molecule has 1 aliphatic heterocycles. The van der Waals surface area contributed by atoms with E-state index in [-0.39, 0.29) is 5.69 Å². The van der Waals surface area contributed by atoms with Gasteiger partial charge in [-0.25, -0.2) is 4.79 Å². The van der Waals surface area contributed by atoms with Crippen LogP contribution < -0.4 is 10.4 Å². The first kappa shape index (κ1) is 15.0. The van der Waals surface area contributed by atoms with Gasteiger partial charge in [-0.05, 0) is 30.2 Å². The molecule has 2 heterocycles. The maximum atomic E-state index is 12.6. The molecule has 0 aliphatic carbocycles. The lowest BCUT2D eigenvalue weighted by Crippen LogP contribution is -2.36. The summed E-state index contributed by atoms with van der Waals surface area (Å²) >= 11 is 0. The van der Waals surface area contributed by atoms with E-state index in [9.17, 15) is 4.79 Å². The first-order chi connectivity index (χ1) is 11.7. The van der Waals surface area contributed by atoms with Crippen molar-refractivity contribution < 1.29 is 4.74 Å². The summed E-state index contributed by atoms with van der Waals surface area (Å²) in [6.45, 7) is 2.34. The molecular formula is C19H21N3O2. The topological polar surface area (TPSA) is 39.4 Å². The van der Waals surface area contributed by atoms with E-state index in [0.717, 1.165) is 36.3 Å². The van der Waals surface area contributed by atoms with Crippen molar-refractivity contribution >= 4 is 11.0 Å². The van der Waals surface area contributed by atoms with E-state index in [1.807, 2.05) is 48.0 Å². The number of aromatic nitrogens is 2. The van der Waals surface area contributed by atoms with E-state index in [1.165, 1.54) is 11.1 Å². The highest BCUT2D eigenvalue weighted by atomic mass is 16.5. The highest BCUT2D eigenvalue weighted by Crippen LogP contribution is 2.28. The van der Waals surface area contributed by atoms with Gasteiger partial charge in [-0.2, -0.15) is 0 Å². The second kappa shape index (κ2) is 5.83. The highest BCUT2D eigenvalue weighted by Gasteiger charge is 2.21. The molecule has 0 fully saturated rings. The number of nitrogens with zero attached hydrogens (tertiary/aromatic N) is 3. The second-order valence-corrected chi connectivity index (χ2v) is 6.30. The molecule has 24 heavy (non-hydrogen) atoms. The summed E-state index contributed by atoms with van der Waals surface area (Å²) in [6, 6.07) is 14.2. The van der Waals surface area contributed by atoms with Gasteiger partial charge in [0.15, 0.2) is 0 Å². The fourth-order valence-electron chi connectivity index (χ4n) is 3.62. The Hall–Kier alpha value is -2.53. The van der Waals surface area contributed by atoms with Crippen molar-refractivity contribution in [3.63, 3.8) is 0 Å². The number of rotatable bonds is 3. The van der Waals surface area contributed by atoms with Crippen molar-refractivity contribution in [2.75, 3.05) is 13.7 Å². The third-order valence-electron chi connectivity index (χ3n) is 4.92. The van der Waals surface area contributed by atoms with E-state index < -0.39 is 0 Å². The van der Waals surface area contributed by atoms with Crippen LogP contribution in [0.3, 0.4) is 0 Å². The molecule has 2 aromatic carbocycles. The molecule has 0 radical (unpaired) electrons. The van der Waals surface area contributed by atoms with Gasteiger partial charge in [-0.1, -0.05) is 24.3 Å². The Morgan fingerprint density at radius 2 is 1.88 bits per heavy atom. The van der Waals surface area contributed by atoms with E-state index in [2.05, 4.69) is 11.0 Å². The molecular weight excluding hydrogens is 302 g/mol. The fourth-order valence-corrected chi connectivity index (χ4v) is 3.62. The normalized spacial score (nSPS) is 14.8. The predicted molar refractivity (Wildman–Crippen MR) is 94.3 cm³/mol. The average molecular weight is 323 g/mol. The zero-order chi connectivity index (χ0) is 16.7. The number of para-hydroxylation sites is 2. The van der Waals surface area contributed by atoms with Gasteiger partial charge < -0.3 is 4.74 Å². The van der Waals surface area contributed by atoms with Crippen molar-refractivity contribution in [2.45, 2.75) is 19.6 Å². The van der Waals surface area contributed by atoms with Gasteiger partial charge in [-0.15, -0.1) is 0 Å². The van der Waals surface area contributed by atoms with Crippen LogP contribution >= 0.6 is 0 Å². The Morgan fingerprint density at radius 3 is 2.67 bits per heavy atom. The Labute approximate surface area is 140 Å². The Bertz CT molecular complexity index is 941. The van der Waals surface area contributed by atoms with Crippen LogP contribution in [0.5, 0.6) is 5.75 Å². The Balaban J connectivity index is 1.68. The van der Waals surface area contributed by atoms with Gasteiger partial charge in [0.2, 0.25) is 0 Å². The van der Waals surface area contributed by atoms with Crippen LogP contribution in [0.15, 0.2) is 47.3 Å². The van der Waals surface area contributed by atoms with Crippen LogP contribution in [0.2, 0.25) is 0 Å². The minimum absolute atomic E-state index is 0.0297. The van der Waals surface area contributed by atoms with Gasteiger partial charge in [0.05, 0.1) is 24.8 Å². The largest absolute Gasteiger partial charge is 0.496 e. The van der Waals surface area contributed by atoms with E-state index >= 15 is 0 Å². The molecule has 124 valence electrons. The number of imidazole rings is 1. The van der Waals surface area contributed by atoms with Crippen LogP contribution in [0.4, 0.5) is 0 Å². The first-order valence-corrected chi connectivity index (χ1v) is 8.20. The predicted octanol–water partition coefficient (Wildman–Crippen LogP) is 2.36. The molecule has 5 heteroatoms. The van der Waals surface area contributed by atoms with Gasteiger partial charge in [0.1, 0.15) is 5.75 Å². The molecule has 0 N–H and O–H groups in total. The third kappa shape index (κ3) is 2.32. The molecule has 0 atom stereocenters. The molecule has 3 aromatic rings. The average Bonchev–Trinajstić information content (AvgIpc) is 2.86. The molecule has 0 saturated heterocycles. The summed E-state index contributed by atoms with van der Waals surface area (Å²) in [6.07, 6.45) is 0.978. The van der Waals surface area contributed by atoms with Crippen LogP contribution in [0.25, 0.3) is 11.0 Å². The molecule has 1 aromatic heterocycles. The van der Waals surface area contributed by atoms with Crippen molar-refractivity contribution in [3.05, 3.63) is 64.1 Å². The Morgan fingerprint density at radius 1 is 1.08 bits per heavy atom. The Kier molecular flexibility index (Phi) is 3.65. The van der Waals surface area contributed by atoms with Crippen molar-refractivity contribution in [1.29, 1.82) is 0 Å². The number of ether oxygens (including phenoxy) is 1. The summed E-state index contributed by atoms with van der Waals surface area (Å²) in [5.74, 6) is 0.933. The van der Waals surface area contributed by atoms with Gasteiger partial charge >= 0.3 is 5.69 Å². The summed E-state index contributed by atoms with van der Waals surface area (Å²) < 4.78 is 9.08. The number of hydrogen-bond acceptors (Lipinski definition) is 3. The molecule has 0 spiro atoms. The lowest BCUT2D eigenvalue weighted by atomic mass is 9.99. The number of hydrogen-bond donors (Lipinski definition) is 0. The smallest absolute Gasteiger partial charge is 0.329 e. The standard InChI is InChI=1S/C19H21N3O2/c1-20-16-7-3-4-8-17(16)22(19(20)23)13-21-11-10-14-6-5-9-18(24-2)15(14)12-21/h3-9H,10-13H2,1-2H3. The summed E-state index contributed by atoms with van der Waals surface area (Å²) in [7, 11) is 3.54. The van der Waals surface area contributed by atoms with E-state index in [0.29, 0.717) is 6.67 Å². The van der Waals surface area contributed by atoms with Crippen molar-refractivity contribution in [2.24, 2.45) is 7.05 Å². The molecule has 0 unspecified atom stereocenters. The lowest BCUT2D eigenvalue weighted by molar-refractivity contribution is 0.196. The monoisotopic (exact) mass is 323 g/mol. The maximum Gasteiger partial charge on any atom is 0.329 e. The fraction of sp³-hybridized carbons (Fsp3) is 0.316. The summed E-state index contributed by atoms with van der Waals surface area (Å²) in [5, 5.41) is 0. The molecule has 0 amide bonds. The van der Waals surface area contributed by atoms with E-state index in [1.54, 1.807) is 11.7 Å². The number of benzene rings is 2. The molecule has 0 bridgehead atoms. The molecule has 4 rings (SSSR count). The molecule has 1 aliphatic rings. The molecule has 5 nitrogen and oxygen atoms in total. The maximum absolute atomic E-state index is 12.6. The zero-order valence-electron chi connectivity index (χ0n) is 14.0. The van der Waals surface area contributed by atoms with Crippen LogP contribution in [-0.4, -0.2) is 27.7 Å². The van der Waals surface area contributed by atoms with Gasteiger partial charge in [-0.3, -0.25) is 14.0 Å². The summed E-state index contributed by atoms with van der Waals surface area (Å²) in [5.41, 5.74) is 4.56. The van der Waals surface area contributed by atoms with Crippen LogP contribution in [0.1, 0.15) is 11.1 Å². The highest BCUT2D eigenvalue weighted by molar-refractivity contribution is 5.75. The first-order valence-electron chi connectivity index (χ1n) is 8.20. The van der Waals surface area contributed by atoms with Crippen molar-refractivity contribution in [1.82, 2.24) is 14.0 Å². The number of methoxy groups -OCH3 is 1. The number of aryl methyl sites for hydroxylation is 1. The quantitative estimate of drug-likeness (QED) is 0.743. The SMILES string of the molecule is COc1cccc2c1CN(Cn1c(=O)n(C)c3ccccc31)CC2.